The van der Waals surface area contributed by atoms with Crippen molar-refractivity contribution in [3.63, 3.8) is 0 Å². The molecule has 0 bridgehead atoms. The van der Waals surface area contributed by atoms with Crippen molar-refractivity contribution in [2.24, 2.45) is 5.73 Å². The second kappa shape index (κ2) is 7.05. The van der Waals surface area contributed by atoms with Crippen LogP contribution in [0.3, 0.4) is 0 Å². The van der Waals surface area contributed by atoms with Gasteiger partial charge in [-0.05, 0) is 50.2 Å². The van der Waals surface area contributed by atoms with E-state index in [2.05, 4.69) is 49.3 Å². The van der Waals surface area contributed by atoms with Crippen LogP contribution in [0.2, 0.25) is 0 Å². The third-order valence-corrected chi connectivity index (χ3v) is 5.64. The Morgan fingerprint density at radius 2 is 2.04 bits per heavy atom. The smallest absolute Gasteiger partial charge is 0.264 e. The van der Waals surface area contributed by atoms with Gasteiger partial charge in [0.15, 0.2) is 0 Å². The molecule has 1 aliphatic heterocycles. The molecule has 0 aliphatic carbocycles. The fourth-order valence-corrected chi connectivity index (χ4v) is 4.24. The largest absolute Gasteiger partial charge is 0.336 e. The molecule has 0 unspecified atom stereocenters. The van der Waals surface area contributed by atoms with E-state index < -0.39 is 0 Å². The maximum Gasteiger partial charge on any atom is 0.264 e. The number of nitrogens with two attached hydrogens (primary N) is 1. The number of rotatable bonds is 4. The van der Waals surface area contributed by atoms with Gasteiger partial charge in [0.05, 0.1) is 4.88 Å². The van der Waals surface area contributed by atoms with Crippen LogP contribution in [0.25, 0.3) is 10.4 Å². The Labute approximate surface area is 147 Å². The number of benzene rings is 1. The average molecular weight is 343 g/mol. The van der Waals surface area contributed by atoms with Gasteiger partial charge in [-0.2, -0.15) is 0 Å². The van der Waals surface area contributed by atoms with Gasteiger partial charge in [-0.15, -0.1) is 11.3 Å². The zero-order valence-electron chi connectivity index (χ0n) is 14.6. The van der Waals surface area contributed by atoms with Crippen LogP contribution in [0, 0.1) is 6.92 Å². The Bertz CT molecular complexity index is 721. The monoisotopic (exact) mass is 343 g/mol. The second-order valence-corrected chi connectivity index (χ2v) is 7.91. The van der Waals surface area contributed by atoms with E-state index >= 15 is 0 Å². The maximum absolute atomic E-state index is 12.7. The summed E-state index contributed by atoms with van der Waals surface area (Å²) in [5.74, 6) is 0.126. The van der Waals surface area contributed by atoms with Gasteiger partial charge in [-0.3, -0.25) is 4.79 Å². The SMILES string of the molecule is Cc1cc(-c2ccc(CN(C)C)cc2)sc1C(=O)N1CC[C@H](N)C1. The lowest BCUT2D eigenvalue weighted by Crippen LogP contribution is -2.31. The highest BCUT2D eigenvalue weighted by Gasteiger charge is 2.26. The molecular formula is C19H25N3OS. The zero-order valence-corrected chi connectivity index (χ0v) is 15.4. The van der Waals surface area contributed by atoms with Crippen molar-refractivity contribution >= 4 is 17.2 Å². The Kier molecular flexibility index (Phi) is 5.04. The van der Waals surface area contributed by atoms with E-state index in [0.717, 1.165) is 34.8 Å². The molecule has 24 heavy (non-hydrogen) atoms. The summed E-state index contributed by atoms with van der Waals surface area (Å²) < 4.78 is 0. The molecule has 1 atom stereocenters. The summed E-state index contributed by atoms with van der Waals surface area (Å²) in [4.78, 5) is 18.7. The molecule has 0 saturated carbocycles. The molecule has 0 spiro atoms. The Morgan fingerprint density at radius 1 is 1.33 bits per heavy atom. The quantitative estimate of drug-likeness (QED) is 0.928. The first-order valence-electron chi connectivity index (χ1n) is 8.33. The molecule has 1 fully saturated rings. The van der Waals surface area contributed by atoms with Crippen molar-refractivity contribution in [1.82, 2.24) is 9.80 Å². The maximum atomic E-state index is 12.7. The highest BCUT2D eigenvalue weighted by molar-refractivity contribution is 7.17. The molecule has 1 aliphatic rings. The van der Waals surface area contributed by atoms with E-state index in [1.807, 2.05) is 11.8 Å². The average Bonchev–Trinajstić information content (AvgIpc) is 3.13. The predicted molar refractivity (Wildman–Crippen MR) is 100 cm³/mol. The summed E-state index contributed by atoms with van der Waals surface area (Å²) in [5, 5.41) is 0. The van der Waals surface area contributed by atoms with E-state index in [0.29, 0.717) is 6.54 Å². The molecule has 2 aromatic rings. The standard InChI is InChI=1S/C19H25N3OS/c1-13-10-17(15-6-4-14(5-7-15)11-21(2)3)24-18(13)19(23)22-9-8-16(20)12-22/h4-7,10,16H,8-9,11-12,20H2,1-3H3/t16-/m0/s1. The van der Waals surface area contributed by atoms with Crippen molar-refractivity contribution in [3.05, 3.63) is 46.3 Å². The number of hydrogen-bond acceptors (Lipinski definition) is 4. The third-order valence-electron chi connectivity index (χ3n) is 4.36. The van der Waals surface area contributed by atoms with Gasteiger partial charge in [0.2, 0.25) is 0 Å². The minimum Gasteiger partial charge on any atom is -0.336 e. The van der Waals surface area contributed by atoms with E-state index in [1.165, 1.54) is 11.1 Å². The lowest BCUT2D eigenvalue weighted by Gasteiger charge is -2.15. The first-order chi connectivity index (χ1) is 11.4. The van der Waals surface area contributed by atoms with Gasteiger partial charge in [0, 0.05) is 30.6 Å². The van der Waals surface area contributed by atoms with Crippen LogP contribution >= 0.6 is 11.3 Å². The van der Waals surface area contributed by atoms with Crippen molar-refractivity contribution < 1.29 is 4.79 Å². The number of thiophene rings is 1. The summed E-state index contributed by atoms with van der Waals surface area (Å²) in [5.41, 5.74) is 9.44. The number of likely N-dealkylation sites (tertiary alicyclic amines) is 1. The minimum absolute atomic E-state index is 0.123. The van der Waals surface area contributed by atoms with Gasteiger partial charge in [0.1, 0.15) is 0 Å². The first kappa shape index (κ1) is 17.1. The van der Waals surface area contributed by atoms with Crippen LogP contribution in [-0.4, -0.2) is 48.9 Å². The summed E-state index contributed by atoms with van der Waals surface area (Å²) in [6, 6.07) is 10.8. The van der Waals surface area contributed by atoms with Crippen molar-refractivity contribution in [3.8, 4) is 10.4 Å². The van der Waals surface area contributed by atoms with Crippen LogP contribution in [0.1, 0.15) is 27.2 Å². The molecule has 4 nitrogen and oxygen atoms in total. The van der Waals surface area contributed by atoms with E-state index in [4.69, 9.17) is 5.73 Å². The summed E-state index contributed by atoms with van der Waals surface area (Å²) >= 11 is 1.59. The Morgan fingerprint density at radius 3 is 2.62 bits per heavy atom. The van der Waals surface area contributed by atoms with Crippen LogP contribution in [0.4, 0.5) is 0 Å². The van der Waals surface area contributed by atoms with Crippen molar-refractivity contribution in [2.75, 3.05) is 27.2 Å². The summed E-state index contributed by atoms with van der Waals surface area (Å²) in [7, 11) is 4.14. The molecule has 1 aromatic heterocycles. The molecule has 3 rings (SSSR count). The highest BCUT2D eigenvalue weighted by atomic mass is 32.1. The van der Waals surface area contributed by atoms with Crippen LogP contribution in [-0.2, 0) is 6.54 Å². The zero-order chi connectivity index (χ0) is 17.3. The molecular weight excluding hydrogens is 318 g/mol. The number of amides is 1. The second-order valence-electron chi connectivity index (χ2n) is 6.86. The molecule has 2 heterocycles. The minimum atomic E-state index is 0.123. The van der Waals surface area contributed by atoms with E-state index in [-0.39, 0.29) is 11.9 Å². The number of aryl methyl sites for hydroxylation is 1. The molecule has 1 saturated heterocycles. The lowest BCUT2D eigenvalue weighted by atomic mass is 10.1. The molecule has 1 amide bonds. The normalized spacial score (nSPS) is 17.7. The lowest BCUT2D eigenvalue weighted by molar-refractivity contribution is 0.0795. The Balaban J connectivity index is 1.79. The van der Waals surface area contributed by atoms with Gasteiger partial charge >= 0.3 is 0 Å². The van der Waals surface area contributed by atoms with Gasteiger partial charge in [-0.25, -0.2) is 0 Å². The summed E-state index contributed by atoms with van der Waals surface area (Å²) in [6.07, 6.45) is 0.899. The number of carbonyl (C=O) groups is 1. The van der Waals surface area contributed by atoms with Crippen LogP contribution in [0.15, 0.2) is 30.3 Å². The fourth-order valence-electron chi connectivity index (χ4n) is 3.09. The highest BCUT2D eigenvalue weighted by Crippen LogP contribution is 2.32. The molecule has 128 valence electrons. The fraction of sp³-hybridized carbons (Fsp3) is 0.421. The van der Waals surface area contributed by atoms with Crippen molar-refractivity contribution in [2.45, 2.75) is 25.9 Å². The van der Waals surface area contributed by atoms with E-state index in [9.17, 15) is 4.79 Å². The number of nitrogens with zero attached hydrogens (tertiary/aromatic N) is 2. The number of carbonyl (C=O) groups excluding carboxylic acids is 1. The van der Waals surface area contributed by atoms with Gasteiger partial charge < -0.3 is 15.5 Å². The predicted octanol–water partition coefficient (Wildman–Crippen LogP) is 2.96. The van der Waals surface area contributed by atoms with Crippen LogP contribution < -0.4 is 5.73 Å². The Hall–Kier alpha value is -1.69. The third kappa shape index (κ3) is 3.69. The van der Waals surface area contributed by atoms with E-state index in [1.54, 1.807) is 11.3 Å². The summed E-state index contributed by atoms with van der Waals surface area (Å²) in [6.45, 7) is 4.39. The molecule has 0 radical (unpaired) electrons. The van der Waals surface area contributed by atoms with Crippen LogP contribution in [0.5, 0.6) is 0 Å². The van der Waals surface area contributed by atoms with Crippen molar-refractivity contribution in [1.29, 1.82) is 0 Å². The first-order valence-corrected chi connectivity index (χ1v) is 9.15. The van der Waals surface area contributed by atoms with Gasteiger partial charge in [-0.1, -0.05) is 24.3 Å². The number of hydrogen-bond donors (Lipinski definition) is 1. The molecule has 1 aromatic carbocycles. The van der Waals surface area contributed by atoms with Gasteiger partial charge in [0.25, 0.3) is 5.91 Å². The molecule has 5 heteroatoms. The topological polar surface area (TPSA) is 49.6 Å². The molecule has 2 N–H and O–H groups in total.